The largest absolute Gasteiger partial charge is 0.478 e. The molecule has 1 atom stereocenters. The molecule has 0 saturated carbocycles. The Kier molecular flexibility index (Phi) is 5.99. The van der Waals surface area contributed by atoms with Crippen LogP contribution in [0.25, 0.3) is 0 Å². The second kappa shape index (κ2) is 7.76. The number of ether oxygens (including phenoxy) is 1. The van der Waals surface area contributed by atoms with Crippen molar-refractivity contribution >= 4 is 17.5 Å². The molecule has 1 N–H and O–H groups in total. The Hall–Kier alpha value is -1.37. The van der Waals surface area contributed by atoms with E-state index in [1.165, 1.54) is 0 Å². The number of hydrogen-bond donors (Lipinski definition) is 1. The van der Waals surface area contributed by atoms with Gasteiger partial charge < -0.3 is 14.7 Å². The summed E-state index contributed by atoms with van der Waals surface area (Å²) in [5.41, 5.74) is 0.233. The number of nitrogens with zero attached hydrogens (tertiary/aromatic N) is 3. The van der Waals surface area contributed by atoms with E-state index in [4.69, 9.17) is 16.3 Å². The Labute approximate surface area is 135 Å². The van der Waals surface area contributed by atoms with Crippen LogP contribution in [-0.2, 0) is 0 Å². The van der Waals surface area contributed by atoms with Crippen LogP contribution >= 0.6 is 11.6 Å². The predicted molar refractivity (Wildman–Crippen MR) is 84.4 cm³/mol. The number of aliphatic hydroxyl groups excluding tert-OH is 1. The number of rotatable bonds is 5. The number of piperazine rings is 1. The molecular formula is C15H22ClN3O3. The molecule has 1 aromatic rings. The van der Waals surface area contributed by atoms with Crippen LogP contribution in [-0.4, -0.2) is 71.2 Å². The van der Waals surface area contributed by atoms with Crippen molar-refractivity contribution in [1.29, 1.82) is 0 Å². The van der Waals surface area contributed by atoms with E-state index in [9.17, 15) is 9.90 Å². The fourth-order valence-electron chi connectivity index (χ4n) is 2.46. The van der Waals surface area contributed by atoms with Crippen molar-refractivity contribution in [2.45, 2.75) is 20.0 Å². The van der Waals surface area contributed by atoms with Crippen LogP contribution in [0.3, 0.4) is 0 Å². The molecule has 2 rings (SSSR count). The highest BCUT2D eigenvalue weighted by Gasteiger charge is 2.25. The van der Waals surface area contributed by atoms with E-state index in [2.05, 4.69) is 9.88 Å². The zero-order valence-corrected chi connectivity index (χ0v) is 13.7. The Balaban J connectivity index is 2.02. The summed E-state index contributed by atoms with van der Waals surface area (Å²) < 4.78 is 5.32. The fourth-order valence-corrected chi connectivity index (χ4v) is 2.65. The van der Waals surface area contributed by atoms with Gasteiger partial charge in [-0.25, -0.2) is 4.98 Å². The second-order valence-electron chi connectivity index (χ2n) is 5.35. The minimum Gasteiger partial charge on any atom is -0.478 e. The molecule has 0 radical (unpaired) electrons. The second-order valence-corrected chi connectivity index (χ2v) is 5.76. The maximum atomic E-state index is 12.6. The molecule has 1 fully saturated rings. The van der Waals surface area contributed by atoms with Gasteiger partial charge in [0.05, 0.1) is 17.7 Å². The third kappa shape index (κ3) is 4.32. The van der Waals surface area contributed by atoms with Gasteiger partial charge in [-0.1, -0.05) is 11.6 Å². The molecule has 1 amide bonds. The van der Waals surface area contributed by atoms with Gasteiger partial charge in [0.1, 0.15) is 0 Å². The smallest absolute Gasteiger partial charge is 0.274 e. The van der Waals surface area contributed by atoms with E-state index in [0.29, 0.717) is 37.1 Å². The highest BCUT2D eigenvalue weighted by atomic mass is 35.5. The van der Waals surface area contributed by atoms with Crippen molar-refractivity contribution < 1.29 is 14.6 Å². The Morgan fingerprint density at radius 1 is 1.41 bits per heavy atom. The van der Waals surface area contributed by atoms with Gasteiger partial charge in [-0.15, -0.1) is 0 Å². The van der Waals surface area contributed by atoms with Crippen molar-refractivity contribution in [2.24, 2.45) is 0 Å². The number of halogens is 1. The molecule has 0 aromatic carbocycles. The summed E-state index contributed by atoms with van der Waals surface area (Å²) >= 11 is 6.10. The monoisotopic (exact) mass is 327 g/mol. The molecule has 1 saturated heterocycles. The Morgan fingerprint density at radius 2 is 2.09 bits per heavy atom. The molecule has 0 aliphatic carbocycles. The lowest BCUT2D eigenvalue weighted by atomic mass is 10.2. The van der Waals surface area contributed by atoms with Gasteiger partial charge in [0.15, 0.2) is 5.69 Å². The first-order chi connectivity index (χ1) is 10.5. The summed E-state index contributed by atoms with van der Waals surface area (Å²) in [5.74, 6) is 0.228. The summed E-state index contributed by atoms with van der Waals surface area (Å²) in [4.78, 5) is 20.6. The van der Waals surface area contributed by atoms with Gasteiger partial charge in [-0.05, 0) is 19.9 Å². The number of carbonyl (C=O) groups excluding carboxylic acids is 1. The van der Waals surface area contributed by atoms with Gasteiger partial charge in [0.2, 0.25) is 5.88 Å². The van der Waals surface area contributed by atoms with Crippen LogP contribution in [0.5, 0.6) is 5.88 Å². The molecule has 6 nitrogen and oxygen atoms in total. The third-order valence-electron chi connectivity index (χ3n) is 3.50. The predicted octanol–water partition coefficient (Wildman–Crippen LogP) is 1.27. The van der Waals surface area contributed by atoms with Gasteiger partial charge >= 0.3 is 0 Å². The third-order valence-corrected chi connectivity index (χ3v) is 3.80. The average Bonchev–Trinajstić information content (AvgIpc) is 2.49. The summed E-state index contributed by atoms with van der Waals surface area (Å²) in [7, 11) is 0. The maximum absolute atomic E-state index is 12.6. The molecular weight excluding hydrogens is 306 g/mol. The van der Waals surface area contributed by atoms with Gasteiger partial charge in [0.25, 0.3) is 5.91 Å². The first kappa shape index (κ1) is 17.0. The first-order valence-corrected chi connectivity index (χ1v) is 7.88. The lowest BCUT2D eigenvalue weighted by Crippen LogP contribution is -2.50. The summed E-state index contributed by atoms with van der Waals surface area (Å²) in [6.45, 7) is 7.41. The first-order valence-electron chi connectivity index (χ1n) is 7.50. The standard InChI is InChI=1S/C15H22ClN3O3/c1-3-22-13-5-4-12(16)14(17-13)15(21)19-8-6-18(7-9-19)10-11(2)20/h4-5,11,20H,3,6-10H2,1-2H3. The molecule has 1 aliphatic heterocycles. The van der Waals surface area contributed by atoms with Gasteiger partial charge in [-0.3, -0.25) is 9.69 Å². The van der Waals surface area contributed by atoms with E-state index in [-0.39, 0.29) is 17.7 Å². The number of carbonyl (C=O) groups is 1. The topological polar surface area (TPSA) is 65.9 Å². The highest BCUT2D eigenvalue weighted by Crippen LogP contribution is 2.20. The summed E-state index contributed by atoms with van der Waals surface area (Å²) in [5, 5.41) is 9.74. The zero-order valence-electron chi connectivity index (χ0n) is 13.0. The van der Waals surface area contributed by atoms with Crippen molar-refractivity contribution in [2.75, 3.05) is 39.3 Å². The number of hydrogen-bond acceptors (Lipinski definition) is 5. The van der Waals surface area contributed by atoms with E-state index >= 15 is 0 Å². The summed E-state index contributed by atoms with van der Waals surface area (Å²) in [6, 6.07) is 3.29. The van der Waals surface area contributed by atoms with Crippen molar-refractivity contribution in [1.82, 2.24) is 14.8 Å². The van der Waals surface area contributed by atoms with Crippen LogP contribution in [0.1, 0.15) is 24.3 Å². The molecule has 122 valence electrons. The molecule has 7 heteroatoms. The lowest BCUT2D eigenvalue weighted by molar-refractivity contribution is 0.0548. The number of amides is 1. The Bertz CT molecular complexity index is 517. The molecule has 0 spiro atoms. The van der Waals surface area contributed by atoms with E-state index in [1.807, 2.05) is 6.92 Å². The number of pyridine rings is 1. The van der Waals surface area contributed by atoms with Crippen LogP contribution in [0.2, 0.25) is 5.02 Å². The fraction of sp³-hybridized carbons (Fsp3) is 0.600. The molecule has 22 heavy (non-hydrogen) atoms. The van der Waals surface area contributed by atoms with Gasteiger partial charge in [0, 0.05) is 38.8 Å². The normalized spacial score (nSPS) is 17.4. The SMILES string of the molecule is CCOc1ccc(Cl)c(C(=O)N2CCN(CC(C)O)CC2)n1. The van der Waals surface area contributed by atoms with Crippen molar-refractivity contribution in [3.8, 4) is 5.88 Å². The number of aromatic nitrogens is 1. The minimum atomic E-state index is -0.360. The molecule has 1 unspecified atom stereocenters. The highest BCUT2D eigenvalue weighted by molar-refractivity contribution is 6.33. The maximum Gasteiger partial charge on any atom is 0.274 e. The summed E-state index contributed by atoms with van der Waals surface area (Å²) in [6.07, 6.45) is -0.360. The van der Waals surface area contributed by atoms with E-state index < -0.39 is 0 Å². The Morgan fingerprint density at radius 3 is 2.68 bits per heavy atom. The van der Waals surface area contributed by atoms with Crippen LogP contribution in [0.15, 0.2) is 12.1 Å². The minimum absolute atomic E-state index is 0.178. The van der Waals surface area contributed by atoms with E-state index in [1.54, 1.807) is 24.0 Å². The van der Waals surface area contributed by atoms with Crippen LogP contribution in [0, 0.1) is 0 Å². The number of aliphatic hydroxyl groups is 1. The zero-order chi connectivity index (χ0) is 16.1. The van der Waals surface area contributed by atoms with Crippen molar-refractivity contribution in [3.63, 3.8) is 0 Å². The number of β-amino-alcohol motifs (C(OH)–C–C–N with tert-alkyl or cyclic N) is 1. The lowest BCUT2D eigenvalue weighted by Gasteiger charge is -2.35. The quantitative estimate of drug-likeness (QED) is 0.882. The van der Waals surface area contributed by atoms with Crippen molar-refractivity contribution in [3.05, 3.63) is 22.8 Å². The molecule has 0 bridgehead atoms. The van der Waals surface area contributed by atoms with Crippen LogP contribution < -0.4 is 4.74 Å². The molecule has 2 heterocycles. The van der Waals surface area contributed by atoms with Crippen LogP contribution in [0.4, 0.5) is 0 Å². The average molecular weight is 328 g/mol. The molecule has 1 aliphatic rings. The van der Waals surface area contributed by atoms with Gasteiger partial charge in [-0.2, -0.15) is 0 Å². The molecule has 1 aromatic heterocycles. The van der Waals surface area contributed by atoms with E-state index in [0.717, 1.165) is 13.1 Å².